The van der Waals surface area contributed by atoms with Crippen molar-refractivity contribution in [3.05, 3.63) is 27.2 Å². The van der Waals surface area contributed by atoms with Gasteiger partial charge in [-0.15, -0.1) is 0 Å². The van der Waals surface area contributed by atoms with Crippen LogP contribution >= 0.6 is 34.8 Å². The first-order valence-electron chi connectivity index (χ1n) is 4.86. The fraction of sp³-hybridized carbons (Fsp3) is 0.364. The van der Waals surface area contributed by atoms with Gasteiger partial charge in [-0.1, -0.05) is 41.7 Å². The van der Waals surface area contributed by atoms with E-state index in [1.54, 1.807) is 12.1 Å². The van der Waals surface area contributed by atoms with E-state index in [9.17, 15) is 0 Å². The summed E-state index contributed by atoms with van der Waals surface area (Å²) < 4.78 is 0. The lowest BCUT2D eigenvalue weighted by molar-refractivity contribution is 0.711. The van der Waals surface area contributed by atoms with E-state index in [1.165, 1.54) is 0 Å². The van der Waals surface area contributed by atoms with Crippen LogP contribution in [0.25, 0.3) is 0 Å². The van der Waals surface area contributed by atoms with Gasteiger partial charge in [0.2, 0.25) is 0 Å². The van der Waals surface area contributed by atoms with Crippen LogP contribution in [0.4, 0.5) is 5.69 Å². The molecule has 1 atom stereocenters. The molecule has 0 spiro atoms. The van der Waals surface area contributed by atoms with E-state index in [2.05, 4.69) is 11.4 Å². The topological polar surface area (TPSA) is 35.8 Å². The second kappa shape index (κ2) is 6.20. The van der Waals surface area contributed by atoms with Crippen molar-refractivity contribution in [1.29, 1.82) is 5.26 Å². The highest BCUT2D eigenvalue weighted by Gasteiger charge is 2.10. The van der Waals surface area contributed by atoms with Crippen molar-refractivity contribution in [1.82, 2.24) is 0 Å². The Morgan fingerprint density at radius 2 is 1.88 bits per heavy atom. The molecule has 0 fully saturated rings. The van der Waals surface area contributed by atoms with Gasteiger partial charge in [-0.3, -0.25) is 0 Å². The highest BCUT2D eigenvalue weighted by atomic mass is 35.5. The molecule has 0 amide bonds. The van der Waals surface area contributed by atoms with Gasteiger partial charge in [0.25, 0.3) is 0 Å². The molecule has 1 unspecified atom stereocenters. The number of nitrogens with zero attached hydrogens (tertiary/aromatic N) is 1. The van der Waals surface area contributed by atoms with E-state index in [0.29, 0.717) is 27.2 Å². The van der Waals surface area contributed by atoms with E-state index in [4.69, 9.17) is 40.1 Å². The summed E-state index contributed by atoms with van der Waals surface area (Å²) in [6, 6.07) is 5.45. The summed E-state index contributed by atoms with van der Waals surface area (Å²) in [7, 11) is 0. The maximum atomic E-state index is 8.64. The third kappa shape index (κ3) is 3.45. The van der Waals surface area contributed by atoms with Gasteiger partial charge < -0.3 is 5.32 Å². The summed E-state index contributed by atoms with van der Waals surface area (Å²) in [5.41, 5.74) is 0.707. The van der Waals surface area contributed by atoms with Gasteiger partial charge >= 0.3 is 0 Å². The van der Waals surface area contributed by atoms with Crippen molar-refractivity contribution < 1.29 is 0 Å². The molecule has 1 rings (SSSR count). The number of hydrogen-bond acceptors (Lipinski definition) is 2. The monoisotopic (exact) mass is 276 g/mol. The predicted octanol–water partition coefficient (Wildman–Crippen LogP) is 4.75. The van der Waals surface area contributed by atoms with Crippen LogP contribution in [-0.2, 0) is 0 Å². The minimum atomic E-state index is 0.0692. The second-order valence-corrected chi connectivity index (χ2v) is 4.58. The lowest BCUT2D eigenvalue weighted by Gasteiger charge is -2.16. The zero-order valence-electron chi connectivity index (χ0n) is 8.73. The van der Waals surface area contributed by atoms with E-state index in [0.717, 1.165) is 6.42 Å². The Morgan fingerprint density at radius 1 is 1.25 bits per heavy atom. The molecule has 0 aliphatic rings. The highest BCUT2D eigenvalue weighted by Crippen LogP contribution is 2.32. The molecule has 0 aromatic heterocycles. The van der Waals surface area contributed by atoms with Crippen molar-refractivity contribution in [2.24, 2.45) is 0 Å². The molecule has 0 aliphatic heterocycles. The Balaban J connectivity index is 2.88. The molecule has 0 bridgehead atoms. The summed E-state index contributed by atoms with van der Waals surface area (Å²) in [4.78, 5) is 0. The molecular weight excluding hydrogens is 266 g/mol. The zero-order valence-corrected chi connectivity index (χ0v) is 11.0. The van der Waals surface area contributed by atoms with Crippen molar-refractivity contribution >= 4 is 40.5 Å². The highest BCUT2D eigenvalue weighted by molar-refractivity contribution is 6.44. The van der Waals surface area contributed by atoms with E-state index in [1.807, 2.05) is 6.92 Å². The molecule has 16 heavy (non-hydrogen) atoms. The van der Waals surface area contributed by atoms with Crippen LogP contribution < -0.4 is 5.32 Å². The minimum Gasteiger partial charge on any atom is -0.380 e. The lowest BCUT2D eigenvalue weighted by atomic mass is 10.1. The van der Waals surface area contributed by atoms with Crippen LogP contribution in [0.1, 0.15) is 19.8 Å². The molecular formula is C11H11Cl3N2. The van der Waals surface area contributed by atoms with Gasteiger partial charge in [-0.2, -0.15) is 5.26 Å². The number of nitriles is 1. The largest absolute Gasteiger partial charge is 0.380 e. The number of nitrogens with one attached hydrogen (secondary N) is 1. The second-order valence-electron chi connectivity index (χ2n) is 3.36. The van der Waals surface area contributed by atoms with Crippen LogP contribution in [0, 0.1) is 11.3 Å². The maximum Gasteiger partial charge on any atom is 0.0653 e. The van der Waals surface area contributed by atoms with Crippen LogP contribution in [0.2, 0.25) is 15.1 Å². The van der Waals surface area contributed by atoms with Gasteiger partial charge in [0.1, 0.15) is 0 Å². The zero-order chi connectivity index (χ0) is 12.1. The van der Waals surface area contributed by atoms with Crippen molar-refractivity contribution in [2.45, 2.75) is 25.8 Å². The first-order chi connectivity index (χ1) is 7.58. The molecule has 0 heterocycles. The molecule has 86 valence electrons. The summed E-state index contributed by atoms with van der Waals surface area (Å²) in [6.45, 7) is 2.00. The first-order valence-corrected chi connectivity index (χ1v) is 5.99. The smallest absolute Gasteiger partial charge is 0.0653 e. The average Bonchev–Trinajstić information content (AvgIpc) is 2.25. The number of benzene rings is 1. The van der Waals surface area contributed by atoms with Crippen molar-refractivity contribution in [3.63, 3.8) is 0 Å². The quantitative estimate of drug-likeness (QED) is 0.806. The van der Waals surface area contributed by atoms with Gasteiger partial charge in [-0.25, -0.2) is 0 Å². The van der Waals surface area contributed by atoms with Crippen LogP contribution in [-0.4, -0.2) is 6.04 Å². The Bertz CT molecular complexity index is 412. The fourth-order valence-corrected chi connectivity index (χ4v) is 1.86. The normalized spacial score (nSPS) is 11.9. The van der Waals surface area contributed by atoms with E-state index >= 15 is 0 Å². The Labute approximate surface area is 110 Å². The van der Waals surface area contributed by atoms with Crippen LogP contribution in [0.5, 0.6) is 0 Å². The SMILES string of the molecule is CCC(CC#N)Nc1cc(Cl)c(Cl)cc1Cl. The van der Waals surface area contributed by atoms with Crippen molar-refractivity contribution in [3.8, 4) is 6.07 Å². The third-order valence-electron chi connectivity index (χ3n) is 2.20. The number of halogens is 3. The van der Waals surface area contributed by atoms with Crippen LogP contribution in [0.15, 0.2) is 12.1 Å². The van der Waals surface area contributed by atoms with Gasteiger partial charge in [0, 0.05) is 6.04 Å². The third-order valence-corrected chi connectivity index (χ3v) is 3.23. The predicted molar refractivity (Wildman–Crippen MR) is 69.4 cm³/mol. The van der Waals surface area contributed by atoms with Crippen molar-refractivity contribution in [2.75, 3.05) is 5.32 Å². The van der Waals surface area contributed by atoms with Gasteiger partial charge in [-0.05, 0) is 18.6 Å². The Hall–Kier alpha value is -0.620. The van der Waals surface area contributed by atoms with E-state index in [-0.39, 0.29) is 6.04 Å². The van der Waals surface area contributed by atoms with Crippen LogP contribution in [0.3, 0.4) is 0 Å². The molecule has 0 saturated heterocycles. The lowest BCUT2D eigenvalue weighted by Crippen LogP contribution is -2.17. The number of rotatable bonds is 4. The number of hydrogen-bond donors (Lipinski definition) is 1. The average molecular weight is 278 g/mol. The molecule has 1 aromatic rings. The Kier molecular flexibility index (Phi) is 5.21. The summed E-state index contributed by atoms with van der Waals surface area (Å²) in [6.07, 6.45) is 1.26. The number of anilines is 1. The molecule has 1 aromatic carbocycles. The molecule has 5 heteroatoms. The Morgan fingerprint density at radius 3 is 2.44 bits per heavy atom. The molecule has 0 radical (unpaired) electrons. The minimum absolute atomic E-state index is 0.0692. The maximum absolute atomic E-state index is 8.64. The van der Waals surface area contributed by atoms with E-state index < -0.39 is 0 Å². The summed E-state index contributed by atoms with van der Waals surface area (Å²) in [5.74, 6) is 0. The summed E-state index contributed by atoms with van der Waals surface area (Å²) in [5, 5.41) is 13.2. The molecule has 1 N–H and O–H groups in total. The van der Waals surface area contributed by atoms with Gasteiger partial charge in [0.15, 0.2) is 0 Å². The van der Waals surface area contributed by atoms with Gasteiger partial charge in [0.05, 0.1) is 33.2 Å². The fourth-order valence-electron chi connectivity index (χ4n) is 1.26. The molecule has 0 saturated carbocycles. The summed E-state index contributed by atoms with van der Waals surface area (Å²) >= 11 is 17.7. The molecule has 2 nitrogen and oxygen atoms in total. The first kappa shape index (κ1) is 13.4. The molecule has 0 aliphatic carbocycles. The standard InChI is InChI=1S/C11H11Cl3N2/c1-2-7(3-4-15)16-11-6-9(13)8(12)5-10(11)14/h5-7,16H,2-3H2,1H3.